The normalized spacial score (nSPS) is 20.1. The predicted molar refractivity (Wildman–Crippen MR) is 118 cm³/mol. The van der Waals surface area contributed by atoms with Crippen molar-refractivity contribution in [3.8, 4) is 11.1 Å². The van der Waals surface area contributed by atoms with Gasteiger partial charge in [0.15, 0.2) is 0 Å². The molecule has 140 valence electrons. The van der Waals surface area contributed by atoms with Gasteiger partial charge in [-0.05, 0) is 61.6 Å². The Morgan fingerprint density at radius 1 is 0.731 bits per heavy atom. The van der Waals surface area contributed by atoms with Gasteiger partial charge < -0.3 is 0 Å². The van der Waals surface area contributed by atoms with E-state index in [-0.39, 0.29) is 21.7 Å². The maximum atomic E-state index is 3.87. The minimum absolute atomic E-state index is 0.132. The van der Waals surface area contributed by atoms with Crippen LogP contribution in [0.25, 0.3) is 11.1 Å². The molecule has 0 aromatic heterocycles. The Hall–Kier alpha value is -1.08. The fourth-order valence-corrected chi connectivity index (χ4v) is 5.01. The van der Waals surface area contributed by atoms with Crippen LogP contribution in [0.15, 0.2) is 40.9 Å². The lowest BCUT2D eigenvalue weighted by atomic mass is 9.59. The number of hydrogen-bond acceptors (Lipinski definition) is 0. The fourth-order valence-electron chi connectivity index (χ4n) is 4.43. The van der Waals surface area contributed by atoms with Crippen molar-refractivity contribution in [3.05, 3.63) is 57.6 Å². The zero-order valence-electron chi connectivity index (χ0n) is 17.8. The summed E-state index contributed by atoms with van der Waals surface area (Å²) >= 11 is 3.87. The van der Waals surface area contributed by atoms with Crippen LogP contribution in [0.4, 0.5) is 0 Å². The van der Waals surface area contributed by atoms with Gasteiger partial charge in [0.25, 0.3) is 0 Å². The van der Waals surface area contributed by atoms with Crippen molar-refractivity contribution in [1.29, 1.82) is 0 Å². The summed E-state index contributed by atoms with van der Waals surface area (Å²) in [6.45, 7) is 21.2. The van der Waals surface area contributed by atoms with Crippen LogP contribution in [-0.4, -0.2) is 0 Å². The molecule has 26 heavy (non-hydrogen) atoms. The summed E-state index contributed by atoms with van der Waals surface area (Å²) in [6.07, 6.45) is 0. The lowest BCUT2D eigenvalue weighted by Gasteiger charge is -2.44. The largest absolute Gasteiger partial charge is 0.0582 e. The third-order valence-electron chi connectivity index (χ3n) is 7.64. The monoisotopic (exact) mass is 412 g/mol. The van der Waals surface area contributed by atoms with Crippen LogP contribution in [0.3, 0.4) is 0 Å². The molecule has 0 amide bonds. The van der Waals surface area contributed by atoms with Crippen LogP contribution in [0.5, 0.6) is 0 Å². The molecule has 0 fully saturated rings. The molecule has 2 aromatic carbocycles. The Morgan fingerprint density at radius 2 is 1.19 bits per heavy atom. The van der Waals surface area contributed by atoms with Crippen LogP contribution in [0.1, 0.15) is 79.0 Å². The van der Waals surface area contributed by atoms with E-state index >= 15 is 0 Å². The summed E-state index contributed by atoms with van der Waals surface area (Å²) in [5.41, 5.74) is 7.58. The van der Waals surface area contributed by atoms with E-state index in [9.17, 15) is 0 Å². The highest BCUT2D eigenvalue weighted by Crippen LogP contribution is 2.62. The van der Waals surface area contributed by atoms with Crippen LogP contribution in [0, 0.1) is 5.41 Å². The van der Waals surface area contributed by atoms with E-state index in [4.69, 9.17) is 0 Å². The van der Waals surface area contributed by atoms with Gasteiger partial charge in [0.05, 0.1) is 0 Å². The number of benzene rings is 2. The summed E-state index contributed by atoms with van der Waals surface area (Å²) in [4.78, 5) is 0. The minimum atomic E-state index is 0.132. The van der Waals surface area contributed by atoms with Crippen LogP contribution in [0.2, 0.25) is 0 Å². The van der Waals surface area contributed by atoms with E-state index < -0.39 is 0 Å². The second-order valence-electron chi connectivity index (χ2n) is 10.6. The zero-order chi connectivity index (χ0) is 19.7. The van der Waals surface area contributed by atoms with Crippen molar-refractivity contribution in [2.75, 3.05) is 0 Å². The molecule has 0 atom stereocenters. The summed E-state index contributed by atoms with van der Waals surface area (Å²) in [5.74, 6) is 0. The Balaban J connectivity index is 2.17. The van der Waals surface area contributed by atoms with Crippen molar-refractivity contribution >= 4 is 15.9 Å². The molecule has 3 rings (SSSR count). The quantitative estimate of drug-likeness (QED) is 0.444. The van der Waals surface area contributed by atoms with Gasteiger partial charge in [-0.25, -0.2) is 0 Å². The van der Waals surface area contributed by atoms with Crippen molar-refractivity contribution < 1.29 is 0 Å². The molecule has 1 aliphatic rings. The van der Waals surface area contributed by atoms with Gasteiger partial charge in [0, 0.05) is 4.47 Å². The molecule has 0 heterocycles. The summed E-state index contributed by atoms with van der Waals surface area (Å²) in [7, 11) is 0. The number of rotatable bonds is 1. The summed E-state index contributed by atoms with van der Waals surface area (Å²) in [5, 5.41) is 0. The van der Waals surface area contributed by atoms with Crippen LogP contribution < -0.4 is 0 Å². The van der Waals surface area contributed by atoms with Gasteiger partial charge in [-0.1, -0.05) is 103 Å². The maximum absolute atomic E-state index is 3.87. The summed E-state index contributed by atoms with van der Waals surface area (Å²) in [6, 6.07) is 13.9. The molecule has 0 radical (unpaired) electrons. The van der Waals surface area contributed by atoms with Crippen molar-refractivity contribution in [2.45, 2.75) is 78.6 Å². The molecule has 0 aliphatic heterocycles. The number of hydrogen-bond donors (Lipinski definition) is 0. The summed E-state index contributed by atoms with van der Waals surface area (Å²) < 4.78 is 1.20. The number of halogens is 1. The van der Waals surface area contributed by atoms with E-state index in [0.717, 1.165) is 0 Å². The van der Waals surface area contributed by atoms with Gasteiger partial charge in [-0.2, -0.15) is 0 Å². The lowest BCUT2D eigenvalue weighted by molar-refractivity contribution is 0.125. The first-order chi connectivity index (χ1) is 11.7. The Bertz CT molecular complexity index is 843. The first kappa shape index (κ1) is 19.7. The molecule has 0 nitrogen and oxygen atoms in total. The average molecular weight is 413 g/mol. The minimum Gasteiger partial charge on any atom is -0.0582 e. The zero-order valence-corrected chi connectivity index (χ0v) is 19.4. The molecule has 0 saturated heterocycles. The maximum Gasteiger partial charge on any atom is 0.0256 e. The fraction of sp³-hybridized carbons (Fsp3) is 0.520. The third kappa shape index (κ3) is 2.61. The van der Waals surface area contributed by atoms with Crippen LogP contribution >= 0.6 is 15.9 Å². The topological polar surface area (TPSA) is 0 Å². The van der Waals surface area contributed by atoms with Gasteiger partial charge >= 0.3 is 0 Å². The molecule has 0 N–H and O–H groups in total. The second kappa shape index (κ2) is 5.71. The molecule has 1 aliphatic carbocycles. The average Bonchev–Trinajstić information content (AvgIpc) is 2.62. The predicted octanol–water partition coefficient (Wildman–Crippen LogP) is 8.01. The smallest absolute Gasteiger partial charge is 0.0256 e. The Kier molecular flexibility index (Phi) is 4.32. The van der Waals surface area contributed by atoms with E-state index in [2.05, 4.69) is 115 Å². The first-order valence-corrected chi connectivity index (χ1v) is 10.5. The lowest BCUT2D eigenvalue weighted by Crippen LogP contribution is -2.42. The highest BCUT2D eigenvalue weighted by molar-refractivity contribution is 9.10. The van der Waals surface area contributed by atoms with E-state index in [1.165, 1.54) is 32.3 Å². The van der Waals surface area contributed by atoms with Crippen LogP contribution in [-0.2, 0) is 16.2 Å². The molecule has 0 spiro atoms. The Labute approximate surface area is 168 Å². The first-order valence-electron chi connectivity index (χ1n) is 9.67. The van der Waals surface area contributed by atoms with Gasteiger partial charge in [0.1, 0.15) is 0 Å². The molecule has 0 saturated carbocycles. The SMILES string of the molecule is CC(C)(C)c1ccc(-c2cc3c(cc2Br)C(C)(C)C(C)(C)C3(C)C)cc1. The molecule has 2 aromatic rings. The van der Waals surface area contributed by atoms with Crippen molar-refractivity contribution in [2.24, 2.45) is 5.41 Å². The molecular formula is C25H33Br. The molecule has 1 heteroatoms. The van der Waals surface area contributed by atoms with Crippen molar-refractivity contribution in [1.82, 2.24) is 0 Å². The number of fused-ring (bicyclic) bond motifs is 1. The molecule has 0 bridgehead atoms. The van der Waals surface area contributed by atoms with E-state index in [0.29, 0.717) is 0 Å². The van der Waals surface area contributed by atoms with Gasteiger partial charge in [0.2, 0.25) is 0 Å². The van der Waals surface area contributed by atoms with E-state index in [1.807, 2.05) is 0 Å². The van der Waals surface area contributed by atoms with Crippen molar-refractivity contribution in [3.63, 3.8) is 0 Å². The van der Waals surface area contributed by atoms with Gasteiger partial charge in [-0.15, -0.1) is 0 Å². The molecular weight excluding hydrogens is 380 g/mol. The highest BCUT2D eigenvalue weighted by Gasteiger charge is 2.56. The Morgan fingerprint density at radius 3 is 1.65 bits per heavy atom. The van der Waals surface area contributed by atoms with Gasteiger partial charge in [-0.3, -0.25) is 0 Å². The standard InChI is InChI=1S/C25H33Br/c1-22(2,3)17-12-10-16(11-13-17)18-14-19-20(15-21(18)26)24(6,7)25(8,9)23(19,4)5/h10-15H,1-9H3. The van der Waals surface area contributed by atoms with E-state index in [1.54, 1.807) is 0 Å². The second-order valence-corrected chi connectivity index (χ2v) is 11.4. The molecule has 0 unspecified atom stereocenters. The highest BCUT2D eigenvalue weighted by atomic mass is 79.9. The third-order valence-corrected chi connectivity index (χ3v) is 8.30.